The van der Waals surface area contributed by atoms with Crippen LogP contribution in [0, 0.1) is 0 Å². The van der Waals surface area contributed by atoms with Gasteiger partial charge in [-0.25, -0.2) is 13.1 Å². The molecule has 118 valence electrons. The molecular formula is C14H23N3O3S. The van der Waals surface area contributed by atoms with Crippen molar-refractivity contribution in [3.8, 4) is 0 Å². The number of carbonyl (C=O) groups excluding carboxylic acids is 1. The van der Waals surface area contributed by atoms with Gasteiger partial charge in [0.2, 0.25) is 15.9 Å². The molecule has 21 heavy (non-hydrogen) atoms. The van der Waals surface area contributed by atoms with Crippen LogP contribution in [0.4, 0.5) is 5.69 Å². The second kappa shape index (κ2) is 6.44. The van der Waals surface area contributed by atoms with E-state index in [2.05, 4.69) is 15.4 Å². The number of amides is 1. The van der Waals surface area contributed by atoms with E-state index in [0.29, 0.717) is 5.69 Å². The minimum Gasteiger partial charge on any atom is -0.374 e. The monoisotopic (exact) mass is 313 g/mol. The second-order valence-electron chi connectivity index (χ2n) is 5.84. The number of rotatable bonds is 5. The average molecular weight is 313 g/mol. The maximum atomic E-state index is 12.0. The van der Waals surface area contributed by atoms with Gasteiger partial charge in [-0.2, -0.15) is 0 Å². The van der Waals surface area contributed by atoms with Gasteiger partial charge in [-0.3, -0.25) is 4.79 Å². The molecule has 0 aliphatic rings. The van der Waals surface area contributed by atoms with Gasteiger partial charge in [0, 0.05) is 11.2 Å². The van der Waals surface area contributed by atoms with E-state index in [1.165, 1.54) is 19.2 Å². The number of anilines is 1. The van der Waals surface area contributed by atoms with Gasteiger partial charge in [-0.05, 0) is 59.0 Å². The fraction of sp³-hybridized carbons (Fsp3) is 0.500. The van der Waals surface area contributed by atoms with Crippen LogP contribution in [-0.4, -0.2) is 33.0 Å². The molecule has 1 aromatic carbocycles. The summed E-state index contributed by atoms with van der Waals surface area (Å²) in [5.74, 6) is -0.116. The van der Waals surface area contributed by atoms with Gasteiger partial charge in [-0.1, -0.05) is 0 Å². The van der Waals surface area contributed by atoms with E-state index in [1.807, 2.05) is 20.8 Å². The first-order valence-corrected chi connectivity index (χ1v) is 8.15. The van der Waals surface area contributed by atoms with Crippen molar-refractivity contribution in [1.82, 2.24) is 10.0 Å². The Bertz CT molecular complexity index is 589. The van der Waals surface area contributed by atoms with Crippen molar-refractivity contribution < 1.29 is 13.2 Å². The number of sulfonamides is 1. The predicted octanol–water partition coefficient (Wildman–Crippen LogP) is 1.31. The van der Waals surface area contributed by atoms with Crippen molar-refractivity contribution in [2.75, 3.05) is 12.4 Å². The van der Waals surface area contributed by atoms with Crippen molar-refractivity contribution in [1.29, 1.82) is 0 Å². The molecule has 1 aromatic rings. The minimum absolute atomic E-state index is 0.116. The van der Waals surface area contributed by atoms with E-state index in [1.54, 1.807) is 19.1 Å². The van der Waals surface area contributed by atoms with Crippen LogP contribution in [0.5, 0.6) is 0 Å². The number of benzene rings is 1. The van der Waals surface area contributed by atoms with E-state index in [0.717, 1.165) is 0 Å². The average Bonchev–Trinajstić information content (AvgIpc) is 2.37. The molecule has 0 aromatic heterocycles. The minimum atomic E-state index is -3.44. The fourth-order valence-corrected chi connectivity index (χ4v) is 2.37. The maximum absolute atomic E-state index is 12.0. The Kier molecular flexibility index (Phi) is 5.36. The van der Waals surface area contributed by atoms with Gasteiger partial charge in [0.25, 0.3) is 0 Å². The molecule has 0 saturated heterocycles. The number of carbonyl (C=O) groups is 1. The molecule has 1 rings (SSSR count). The highest BCUT2D eigenvalue weighted by molar-refractivity contribution is 7.89. The maximum Gasteiger partial charge on any atom is 0.242 e. The first-order valence-electron chi connectivity index (χ1n) is 6.67. The molecule has 0 heterocycles. The molecule has 0 bridgehead atoms. The first kappa shape index (κ1) is 17.5. The van der Waals surface area contributed by atoms with Crippen molar-refractivity contribution in [2.24, 2.45) is 0 Å². The van der Waals surface area contributed by atoms with Crippen LogP contribution in [0.2, 0.25) is 0 Å². The molecule has 1 unspecified atom stereocenters. The molecule has 0 fully saturated rings. The van der Waals surface area contributed by atoms with Gasteiger partial charge < -0.3 is 10.6 Å². The van der Waals surface area contributed by atoms with Crippen LogP contribution < -0.4 is 15.4 Å². The van der Waals surface area contributed by atoms with E-state index >= 15 is 0 Å². The van der Waals surface area contributed by atoms with Crippen LogP contribution in [0.15, 0.2) is 29.2 Å². The third kappa shape index (κ3) is 5.35. The zero-order chi connectivity index (χ0) is 16.3. The smallest absolute Gasteiger partial charge is 0.242 e. The molecule has 0 spiro atoms. The third-order valence-corrected chi connectivity index (χ3v) is 4.14. The highest BCUT2D eigenvalue weighted by atomic mass is 32.2. The number of nitrogens with one attached hydrogen (secondary N) is 3. The molecule has 3 N–H and O–H groups in total. The normalized spacial score (nSPS) is 13.6. The van der Waals surface area contributed by atoms with Gasteiger partial charge in [0.1, 0.15) is 6.04 Å². The van der Waals surface area contributed by atoms with Crippen molar-refractivity contribution in [3.05, 3.63) is 24.3 Å². The third-order valence-electron chi connectivity index (χ3n) is 2.71. The van der Waals surface area contributed by atoms with Gasteiger partial charge >= 0.3 is 0 Å². The fourth-order valence-electron chi connectivity index (χ4n) is 1.64. The van der Waals surface area contributed by atoms with E-state index in [-0.39, 0.29) is 16.3 Å². The summed E-state index contributed by atoms with van der Waals surface area (Å²) < 4.78 is 25.5. The SMILES string of the molecule is CNS(=O)(=O)c1ccc(NC(C)C(=O)NC(C)(C)C)cc1. The summed E-state index contributed by atoms with van der Waals surface area (Å²) in [6.45, 7) is 7.48. The summed E-state index contributed by atoms with van der Waals surface area (Å²) in [5, 5.41) is 5.91. The van der Waals surface area contributed by atoms with Crippen molar-refractivity contribution >= 4 is 21.6 Å². The Morgan fingerprint density at radius 1 is 1.14 bits per heavy atom. The van der Waals surface area contributed by atoms with Crippen molar-refractivity contribution in [2.45, 2.75) is 44.2 Å². The number of hydrogen-bond acceptors (Lipinski definition) is 4. The Hall–Kier alpha value is -1.60. The van der Waals surface area contributed by atoms with Gasteiger partial charge in [-0.15, -0.1) is 0 Å². The van der Waals surface area contributed by atoms with Crippen molar-refractivity contribution in [3.63, 3.8) is 0 Å². The highest BCUT2D eigenvalue weighted by Crippen LogP contribution is 2.14. The van der Waals surface area contributed by atoms with Crippen LogP contribution >= 0.6 is 0 Å². The molecule has 1 amide bonds. The first-order chi connectivity index (χ1) is 9.55. The lowest BCUT2D eigenvalue weighted by Gasteiger charge is -2.24. The number of hydrogen-bond donors (Lipinski definition) is 3. The summed E-state index contributed by atoms with van der Waals surface area (Å²) in [4.78, 5) is 12.1. The van der Waals surface area contributed by atoms with E-state index in [4.69, 9.17) is 0 Å². The Morgan fingerprint density at radius 2 is 1.67 bits per heavy atom. The van der Waals surface area contributed by atoms with E-state index in [9.17, 15) is 13.2 Å². The lowest BCUT2D eigenvalue weighted by atomic mass is 10.1. The molecule has 0 aliphatic carbocycles. The van der Waals surface area contributed by atoms with Crippen LogP contribution in [-0.2, 0) is 14.8 Å². The zero-order valence-corrected chi connectivity index (χ0v) is 13.8. The topological polar surface area (TPSA) is 87.3 Å². The molecule has 0 saturated carbocycles. The molecule has 6 nitrogen and oxygen atoms in total. The summed E-state index contributed by atoms with van der Waals surface area (Å²) in [7, 11) is -2.08. The largest absolute Gasteiger partial charge is 0.374 e. The Morgan fingerprint density at radius 3 is 2.10 bits per heavy atom. The molecule has 7 heteroatoms. The molecule has 0 aliphatic heterocycles. The predicted molar refractivity (Wildman–Crippen MR) is 83.7 cm³/mol. The molecule has 0 radical (unpaired) electrons. The Balaban J connectivity index is 2.74. The molecule has 1 atom stereocenters. The van der Waals surface area contributed by atoms with Crippen LogP contribution in [0.3, 0.4) is 0 Å². The van der Waals surface area contributed by atoms with E-state index < -0.39 is 16.1 Å². The van der Waals surface area contributed by atoms with Crippen LogP contribution in [0.25, 0.3) is 0 Å². The summed E-state index contributed by atoms with van der Waals surface area (Å²) in [5.41, 5.74) is 0.388. The summed E-state index contributed by atoms with van der Waals surface area (Å²) in [6.07, 6.45) is 0. The zero-order valence-electron chi connectivity index (χ0n) is 13.0. The molecular weight excluding hydrogens is 290 g/mol. The standard InChI is InChI=1S/C14H23N3O3S/c1-10(13(18)17-14(2,3)4)16-11-6-8-12(9-7-11)21(19,20)15-5/h6-10,15-16H,1-5H3,(H,17,18). The van der Waals surface area contributed by atoms with Gasteiger partial charge in [0.05, 0.1) is 4.90 Å². The second-order valence-corrected chi connectivity index (χ2v) is 7.72. The highest BCUT2D eigenvalue weighted by Gasteiger charge is 2.19. The lowest BCUT2D eigenvalue weighted by molar-refractivity contribution is -0.122. The summed E-state index contributed by atoms with van der Waals surface area (Å²) in [6, 6.07) is 5.82. The summed E-state index contributed by atoms with van der Waals surface area (Å²) >= 11 is 0. The van der Waals surface area contributed by atoms with Crippen LogP contribution in [0.1, 0.15) is 27.7 Å². The van der Waals surface area contributed by atoms with Gasteiger partial charge in [0.15, 0.2) is 0 Å². The lowest BCUT2D eigenvalue weighted by Crippen LogP contribution is -2.47. The quantitative estimate of drug-likeness (QED) is 0.765. The Labute approximate surface area is 126 Å².